The fourth-order valence-electron chi connectivity index (χ4n) is 14.6. The fraction of sp³-hybridized carbons (Fsp3) is 0.806. The maximum absolute atomic E-state index is 6.59. The second-order valence-electron chi connectivity index (χ2n) is 27.3. The minimum absolute atomic E-state index is 0.162. The number of hydrogen-bond donors (Lipinski definition) is 0. The molecule has 0 aliphatic heterocycles. The van der Waals surface area contributed by atoms with Crippen LogP contribution in [0.5, 0.6) is 11.5 Å². The molecule has 0 radical (unpaired) electrons. The van der Waals surface area contributed by atoms with Crippen LogP contribution in [0.4, 0.5) is 0 Å². The Labute approximate surface area is 420 Å². The van der Waals surface area contributed by atoms with E-state index in [1.807, 2.05) is 0 Å². The van der Waals surface area contributed by atoms with Crippen LogP contribution in [0, 0.1) is 58.2 Å². The van der Waals surface area contributed by atoms with Crippen molar-refractivity contribution in [3.05, 3.63) is 58.7 Å². The molecule has 10 unspecified atom stereocenters. The molecular formula is C62H98O3S2. The van der Waals surface area contributed by atoms with Gasteiger partial charge in [0.25, 0.3) is 0 Å². The molecule has 376 valence electrons. The number of thioether (sulfide) groups is 2. The van der Waals surface area contributed by atoms with Crippen molar-refractivity contribution in [2.24, 2.45) is 58.2 Å². The lowest BCUT2D eigenvalue weighted by molar-refractivity contribution is -0.0426. The highest BCUT2D eigenvalue weighted by molar-refractivity contribution is 8.00. The summed E-state index contributed by atoms with van der Waals surface area (Å²) in [6, 6.07) is 14.0. The zero-order valence-corrected chi connectivity index (χ0v) is 46.6. The van der Waals surface area contributed by atoms with Crippen LogP contribution in [0.15, 0.2) is 36.4 Å². The van der Waals surface area contributed by atoms with E-state index >= 15 is 0 Å². The van der Waals surface area contributed by atoms with E-state index in [1.54, 1.807) is 19.3 Å². The van der Waals surface area contributed by atoms with E-state index in [9.17, 15) is 0 Å². The molecule has 5 heteroatoms. The molecule has 0 amide bonds. The van der Waals surface area contributed by atoms with Gasteiger partial charge in [-0.1, -0.05) is 125 Å². The molecule has 2 aromatic carbocycles. The van der Waals surface area contributed by atoms with Gasteiger partial charge < -0.3 is 14.2 Å². The molecule has 3 nitrogen and oxygen atoms in total. The lowest BCUT2D eigenvalue weighted by atomic mass is 9.64. The SMILES string of the molecule is CC(C)(C)COc1ccc(Cc2ccc(OC(C)(C)C)c(C3CCCCC3)c2)cc1C1CCCCC1.CCC(C)(C)SCCCOC1CC2CC1C1C3CC(C4CC(SCC(C)(C)C)CC43)C21. The third-order valence-corrected chi connectivity index (χ3v) is 21.2. The Morgan fingerprint density at radius 1 is 0.597 bits per heavy atom. The number of ether oxygens (including phenoxy) is 3. The maximum atomic E-state index is 6.59. The lowest BCUT2D eigenvalue weighted by Crippen LogP contribution is -2.41. The van der Waals surface area contributed by atoms with Crippen LogP contribution in [0.1, 0.15) is 226 Å². The molecule has 9 rings (SSSR count). The van der Waals surface area contributed by atoms with Crippen molar-refractivity contribution in [3.63, 3.8) is 0 Å². The smallest absolute Gasteiger partial charge is 0.123 e. The van der Waals surface area contributed by atoms with Crippen molar-refractivity contribution >= 4 is 23.5 Å². The van der Waals surface area contributed by atoms with Crippen molar-refractivity contribution in [1.29, 1.82) is 0 Å². The summed E-state index contributed by atoms with van der Waals surface area (Å²) in [6.45, 7) is 29.3. The van der Waals surface area contributed by atoms with E-state index in [0.717, 1.165) is 83.7 Å². The van der Waals surface area contributed by atoms with Gasteiger partial charge >= 0.3 is 0 Å². The first kappa shape index (κ1) is 52.0. The van der Waals surface area contributed by atoms with Gasteiger partial charge in [0.2, 0.25) is 0 Å². The molecule has 0 heterocycles. The summed E-state index contributed by atoms with van der Waals surface area (Å²) in [7, 11) is 0. The Hall–Kier alpha value is -1.30. The summed E-state index contributed by atoms with van der Waals surface area (Å²) in [5, 5.41) is 0.966. The van der Waals surface area contributed by atoms with Gasteiger partial charge in [0.05, 0.1) is 12.7 Å². The summed E-state index contributed by atoms with van der Waals surface area (Å²) in [5.74, 6) is 14.5. The van der Waals surface area contributed by atoms with Crippen molar-refractivity contribution in [2.75, 3.05) is 24.7 Å². The number of hydrogen-bond acceptors (Lipinski definition) is 5. The third kappa shape index (κ3) is 13.4. The molecule has 7 fully saturated rings. The topological polar surface area (TPSA) is 27.7 Å². The summed E-state index contributed by atoms with van der Waals surface area (Å²) >= 11 is 4.45. The second kappa shape index (κ2) is 21.8. The third-order valence-electron chi connectivity index (χ3n) is 17.8. The largest absolute Gasteiger partial charge is 0.493 e. The van der Waals surface area contributed by atoms with Gasteiger partial charge in [-0.15, -0.1) is 0 Å². The van der Waals surface area contributed by atoms with Gasteiger partial charge in [-0.2, -0.15) is 23.5 Å². The average Bonchev–Trinajstić information content (AvgIpc) is 4.11. The first-order valence-corrected chi connectivity index (χ1v) is 30.2. The van der Waals surface area contributed by atoms with Crippen molar-refractivity contribution < 1.29 is 14.2 Å². The van der Waals surface area contributed by atoms with Crippen LogP contribution < -0.4 is 9.47 Å². The minimum atomic E-state index is -0.178. The number of rotatable bonds is 16. The van der Waals surface area contributed by atoms with E-state index in [4.69, 9.17) is 14.2 Å². The van der Waals surface area contributed by atoms with Crippen molar-refractivity contribution in [3.8, 4) is 11.5 Å². The second-order valence-corrected chi connectivity index (χ2v) is 30.4. The van der Waals surface area contributed by atoms with E-state index in [-0.39, 0.29) is 11.0 Å². The molecule has 7 aliphatic rings. The van der Waals surface area contributed by atoms with E-state index in [1.165, 1.54) is 124 Å². The lowest BCUT2D eigenvalue weighted by Gasteiger charge is -2.43. The molecule has 10 atom stereocenters. The number of fused-ring (bicyclic) bond motifs is 12. The van der Waals surface area contributed by atoms with Gasteiger partial charge in [-0.25, -0.2) is 0 Å². The zero-order valence-electron chi connectivity index (χ0n) is 45.0. The molecule has 0 saturated heterocycles. The van der Waals surface area contributed by atoms with Crippen molar-refractivity contribution in [2.45, 2.75) is 232 Å². The molecule has 4 bridgehead atoms. The molecule has 67 heavy (non-hydrogen) atoms. The molecule has 7 saturated carbocycles. The normalized spacial score (nSPS) is 30.9. The molecule has 7 aliphatic carbocycles. The van der Waals surface area contributed by atoms with Gasteiger partial charge in [0.1, 0.15) is 17.1 Å². The first-order chi connectivity index (χ1) is 31.7. The Morgan fingerprint density at radius 2 is 1.18 bits per heavy atom. The van der Waals surface area contributed by atoms with Crippen LogP contribution in [-0.4, -0.2) is 46.4 Å². The summed E-state index contributed by atoms with van der Waals surface area (Å²) < 4.78 is 19.9. The molecular weight excluding hydrogens is 857 g/mol. The average molecular weight is 956 g/mol. The van der Waals surface area contributed by atoms with E-state index < -0.39 is 0 Å². The van der Waals surface area contributed by atoms with Gasteiger partial charge in [0.15, 0.2) is 0 Å². The van der Waals surface area contributed by atoms with Gasteiger partial charge in [-0.3, -0.25) is 0 Å². The van der Waals surface area contributed by atoms with Crippen LogP contribution in [0.3, 0.4) is 0 Å². The molecule has 2 aromatic rings. The minimum Gasteiger partial charge on any atom is -0.493 e. The van der Waals surface area contributed by atoms with Gasteiger partial charge in [-0.05, 0) is 214 Å². The van der Waals surface area contributed by atoms with E-state index in [2.05, 4.69) is 143 Å². The Kier molecular flexibility index (Phi) is 16.9. The Balaban J connectivity index is 0.000000183. The summed E-state index contributed by atoms with van der Waals surface area (Å²) in [6.07, 6.45) is 25.0. The first-order valence-electron chi connectivity index (χ1n) is 28.2. The van der Waals surface area contributed by atoms with Crippen LogP contribution in [0.2, 0.25) is 0 Å². The highest BCUT2D eigenvalue weighted by Gasteiger charge is 2.68. The van der Waals surface area contributed by atoms with Crippen LogP contribution in [0.25, 0.3) is 0 Å². The Morgan fingerprint density at radius 3 is 1.75 bits per heavy atom. The van der Waals surface area contributed by atoms with Gasteiger partial charge in [0, 0.05) is 16.6 Å². The molecule has 0 N–H and O–H groups in total. The molecule has 0 spiro atoms. The summed E-state index contributed by atoms with van der Waals surface area (Å²) in [5.41, 5.74) is 6.13. The quantitative estimate of drug-likeness (QED) is 0.123. The number of benzene rings is 2. The fourth-order valence-corrected chi connectivity index (χ4v) is 17.1. The maximum Gasteiger partial charge on any atom is 0.123 e. The molecule has 0 aromatic heterocycles. The van der Waals surface area contributed by atoms with Crippen molar-refractivity contribution in [1.82, 2.24) is 0 Å². The summed E-state index contributed by atoms with van der Waals surface area (Å²) in [4.78, 5) is 0. The van der Waals surface area contributed by atoms with Crippen LogP contribution >= 0.6 is 23.5 Å². The predicted octanol–water partition coefficient (Wildman–Crippen LogP) is 17.8. The highest BCUT2D eigenvalue weighted by Crippen LogP contribution is 2.73. The highest BCUT2D eigenvalue weighted by atomic mass is 32.2. The van der Waals surface area contributed by atoms with Crippen LogP contribution in [-0.2, 0) is 11.2 Å². The van der Waals surface area contributed by atoms with E-state index in [0.29, 0.717) is 28.1 Å². The standard InChI is InChI=1S/C34H50O2.C28H48OS2/c1-33(2,3)24-35-31-19-17-25(22-29(31)27-13-9-7-10-14-27)21-26-18-20-32(36-34(4,5)6)30(23-26)28-15-11-8-12-16-28;1-7-28(5,6)31-10-8-9-29-24-12-17-11-23(24)26-22-15-21(25(17)26)19-13-18(14-20(19)22)30-16-27(2,3)4/h17-20,22-23,27-28H,7-16,21,24H2,1-6H3;17-26H,7-16H2,1-6H3. The zero-order chi connectivity index (χ0) is 47.7. The Bertz CT molecular complexity index is 1890. The monoisotopic (exact) mass is 955 g/mol. The predicted molar refractivity (Wildman–Crippen MR) is 291 cm³/mol.